The zero-order chi connectivity index (χ0) is 20.9. The molecule has 0 atom stereocenters. The van der Waals surface area contributed by atoms with Crippen molar-refractivity contribution in [2.45, 2.75) is 31.1 Å². The number of fused-ring (bicyclic) bond motifs is 3. The van der Waals surface area contributed by atoms with Crippen LogP contribution < -0.4 is 10.2 Å². The number of amides is 2. The van der Waals surface area contributed by atoms with E-state index in [1.807, 2.05) is 6.07 Å². The fourth-order valence-corrected chi connectivity index (χ4v) is 4.84. The number of carbonyl (C=O) groups excluding carboxylic acids is 2. The normalized spacial score (nSPS) is 16.8. The topological polar surface area (TPSA) is 62.3 Å². The number of hydrogen-bond acceptors (Lipinski definition) is 3. The first kappa shape index (κ1) is 18.7. The molecule has 1 fully saturated rings. The molecule has 2 heterocycles. The van der Waals surface area contributed by atoms with Gasteiger partial charge in [0.2, 0.25) is 0 Å². The lowest BCUT2D eigenvalue weighted by Crippen LogP contribution is -2.42. The monoisotopic (exact) mass is 407 g/mol. The first-order valence-corrected chi connectivity index (χ1v) is 9.95. The number of halogens is 2. The fourth-order valence-electron chi connectivity index (χ4n) is 4.84. The van der Waals surface area contributed by atoms with Crippen molar-refractivity contribution in [3.63, 3.8) is 0 Å². The van der Waals surface area contributed by atoms with Gasteiger partial charge in [-0.15, -0.1) is 0 Å². The Bertz CT molecular complexity index is 1190. The number of nitrogens with zero attached hydrogens (tertiary/aromatic N) is 2. The molecule has 2 aliphatic rings. The zero-order valence-electron chi connectivity index (χ0n) is 16.1. The molecule has 2 aromatic carbocycles. The first-order valence-electron chi connectivity index (χ1n) is 9.95. The summed E-state index contributed by atoms with van der Waals surface area (Å²) in [5.74, 6) is -2.66. The third-order valence-corrected chi connectivity index (χ3v) is 6.21. The molecule has 152 valence electrons. The Hall–Kier alpha value is -3.35. The van der Waals surface area contributed by atoms with Crippen LogP contribution in [0.3, 0.4) is 0 Å². The second-order valence-corrected chi connectivity index (χ2v) is 8.00. The largest absolute Gasteiger partial charge is 0.316 e. The van der Waals surface area contributed by atoms with Crippen LogP contribution in [-0.2, 0) is 15.0 Å². The molecular weight excluding hydrogens is 388 g/mol. The van der Waals surface area contributed by atoms with Crippen molar-refractivity contribution in [2.24, 2.45) is 0 Å². The average Bonchev–Trinajstić information content (AvgIpc) is 3.34. The van der Waals surface area contributed by atoms with Gasteiger partial charge in [0.15, 0.2) is 0 Å². The summed E-state index contributed by atoms with van der Waals surface area (Å²) in [6.45, 7) is 0.302. The SMILES string of the molecule is O=C(Nc1cnc2c(F)cccc2c1)C(=O)N1CC2(CCCC2)c2cccc(F)c21. The molecule has 1 saturated carbocycles. The molecule has 1 aromatic heterocycles. The van der Waals surface area contributed by atoms with Gasteiger partial charge in [-0.3, -0.25) is 14.6 Å². The van der Waals surface area contributed by atoms with E-state index in [-0.39, 0.29) is 22.3 Å². The number of rotatable bonds is 1. The molecule has 0 saturated heterocycles. The Morgan fingerprint density at radius 3 is 2.57 bits per heavy atom. The molecule has 1 aliphatic heterocycles. The lowest BCUT2D eigenvalue weighted by molar-refractivity contribution is -0.134. The average molecular weight is 407 g/mol. The van der Waals surface area contributed by atoms with Crippen molar-refractivity contribution in [2.75, 3.05) is 16.8 Å². The molecule has 0 radical (unpaired) electrons. The van der Waals surface area contributed by atoms with Crippen LogP contribution in [0, 0.1) is 11.6 Å². The number of hydrogen-bond donors (Lipinski definition) is 1. The van der Waals surface area contributed by atoms with Crippen LogP contribution in [0.1, 0.15) is 31.2 Å². The molecule has 2 amide bonds. The van der Waals surface area contributed by atoms with Crippen LogP contribution in [0.4, 0.5) is 20.2 Å². The highest BCUT2D eigenvalue weighted by Gasteiger charge is 2.48. The minimum absolute atomic E-state index is 0.181. The fraction of sp³-hybridized carbons (Fsp3) is 0.261. The van der Waals surface area contributed by atoms with Crippen molar-refractivity contribution in [3.05, 3.63) is 65.9 Å². The number of nitrogens with one attached hydrogen (secondary N) is 1. The Kier molecular flexibility index (Phi) is 4.27. The van der Waals surface area contributed by atoms with Crippen LogP contribution in [0.5, 0.6) is 0 Å². The molecule has 7 heteroatoms. The Balaban J connectivity index is 1.43. The molecule has 3 aromatic rings. The van der Waals surface area contributed by atoms with Gasteiger partial charge in [-0.05, 0) is 36.6 Å². The van der Waals surface area contributed by atoms with E-state index in [1.165, 1.54) is 23.2 Å². The molecule has 0 unspecified atom stereocenters. The molecule has 1 aliphatic carbocycles. The third-order valence-electron chi connectivity index (χ3n) is 6.21. The third kappa shape index (κ3) is 2.84. The lowest BCUT2D eigenvalue weighted by Gasteiger charge is -2.24. The Morgan fingerprint density at radius 2 is 1.77 bits per heavy atom. The quantitative estimate of drug-likeness (QED) is 0.612. The summed E-state index contributed by atoms with van der Waals surface area (Å²) in [6, 6.07) is 10.9. The summed E-state index contributed by atoms with van der Waals surface area (Å²) < 4.78 is 28.5. The van der Waals surface area contributed by atoms with Gasteiger partial charge in [-0.25, -0.2) is 8.78 Å². The van der Waals surface area contributed by atoms with Gasteiger partial charge in [0.25, 0.3) is 0 Å². The van der Waals surface area contributed by atoms with Crippen LogP contribution in [0.25, 0.3) is 10.9 Å². The lowest BCUT2D eigenvalue weighted by atomic mass is 9.81. The van der Waals surface area contributed by atoms with Crippen LogP contribution in [0.2, 0.25) is 0 Å². The van der Waals surface area contributed by atoms with Gasteiger partial charge in [0, 0.05) is 17.3 Å². The van der Waals surface area contributed by atoms with Gasteiger partial charge in [0.05, 0.1) is 17.6 Å². The molecule has 0 bridgehead atoms. The number of pyridine rings is 1. The van der Waals surface area contributed by atoms with Gasteiger partial charge >= 0.3 is 11.8 Å². The molecule has 5 nitrogen and oxygen atoms in total. The smallest absolute Gasteiger partial charge is 0.316 e. The van der Waals surface area contributed by atoms with Gasteiger partial charge in [-0.2, -0.15) is 0 Å². The van der Waals surface area contributed by atoms with E-state index in [4.69, 9.17) is 0 Å². The summed E-state index contributed by atoms with van der Waals surface area (Å²) in [4.78, 5) is 31.0. The van der Waals surface area contributed by atoms with E-state index in [2.05, 4.69) is 10.3 Å². The summed E-state index contributed by atoms with van der Waals surface area (Å²) in [7, 11) is 0. The summed E-state index contributed by atoms with van der Waals surface area (Å²) in [6.07, 6.45) is 5.07. The van der Waals surface area contributed by atoms with E-state index < -0.39 is 23.4 Å². The number of benzene rings is 2. The number of aromatic nitrogens is 1. The van der Waals surface area contributed by atoms with Gasteiger partial charge < -0.3 is 10.2 Å². The van der Waals surface area contributed by atoms with Crippen LogP contribution in [0.15, 0.2) is 48.7 Å². The highest BCUT2D eigenvalue weighted by atomic mass is 19.1. The first-order chi connectivity index (χ1) is 14.5. The van der Waals surface area contributed by atoms with E-state index in [9.17, 15) is 18.4 Å². The van der Waals surface area contributed by atoms with Gasteiger partial charge in [-0.1, -0.05) is 37.1 Å². The van der Waals surface area contributed by atoms with Gasteiger partial charge in [0.1, 0.15) is 17.2 Å². The van der Waals surface area contributed by atoms with E-state index in [1.54, 1.807) is 24.3 Å². The summed E-state index contributed by atoms with van der Waals surface area (Å²) >= 11 is 0. The van der Waals surface area contributed by atoms with E-state index >= 15 is 0 Å². The number of carbonyl (C=O) groups is 2. The van der Waals surface area contributed by atoms with Crippen molar-refractivity contribution in [3.8, 4) is 0 Å². The van der Waals surface area contributed by atoms with Crippen LogP contribution in [-0.4, -0.2) is 23.3 Å². The molecule has 30 heavy (non-hydrogen) atoms. The highest BCUT2D eigenvalue weighted by molar-refractivity contribution is 6.44. The van der Waals surface area contributed by atoms with Crippen molar-refractivity contribution < 1.29 is 18.4 Å². The number of para-hydroxylation sites is 2. The highest BCUT2D eigenvalue weighted by Crippen LogP contribution is 2.51. The van der Waals surface area contributed by atoms with E-state index in [0.29, 0.717) is 11.9 Å². The molecular formula is C23H19F2N3O2. The maximum absolute atomic E-state index is 14.7. The maximum atomic E-state index is 14.7. The number of anilines is 2. The van der Waals surface area contributed by atoms with E-state index in [0.717, 1.165) is 31.2 Å². The molecule has 1 N–H and O–H groups in total. The van der Waals surface area contributed by atoms with Crippen molar-refractivity contribution in [1.82, 2.24) is 4.98 Å². The summed E-state index contributed by atoms with van der Waals surface area (Å²) in [5, 5.41) is 3.02. The zero-order valence-corrected chi connectivity index (χ0v) is 16.1. The minimum Gasteiger partial charge on any atom is -0.316 e. The van der Waals surface area contributed by atoms with Crippen molar-refractivity contribution in [1.29, 1.82) is 0 Å². The Morgan fingerprint density at radius 1 is 1.03 bits per heavy atom. The maximum Gasteiger partial charge on any atom is 0.316 e. The van der Waals surface area contributed by atoms with Crippen molar-refractivity contribution >= 4 is 34.1 Å². The summed E-state index contributed by atoms with van der Waals surface area (Å²) in [5.41, 5.74) is 1.19. The second kappa shape index (κ2) is 6.86. The van der Waals surface area contributed by atoms with Crippen LogP contribution >= 0.6 is 0 Å². The predicted molar refractivity (Wildman–Crippen MR) is 109 cm³/mol. The standard InChI is InChI=1S/C23H19F2N3O2/c24-17-7-3-5-14-11-15(12-26-19(14)17)27-21(29)22(30)28-13-23(9-1-2-10-23)16-6-4-8-18(25)20(16)28/h3-8,11-12H,1-2,9-10,13H2,(H,27,29). The molecule has 5 rings (SSSR count). The Labute approximate surface area is 171 Å². The minimum atomic E-state index is -0.878. The molecule has 1 spiro atoms. The second-order valence-electron chi connectivity index (χ2n) is 8.00. The predicted octanol–water partition coefficient (Wildman–Crippen LogP) is 4.31.